The summed E-state index contributed by atoms with van der Waals surface area (Å²) in [5, 5.41) is 9.78. The molecule has 0 heterocycles. The number of ether oxygens (including phenoxy) is 1. The summed E-state index contributed by atoms with van der Waals surface area (Å²) < 4.78 is 5.37. The lowest BCUT2D eigenvalue weighted by Gasteiger charge is -2.08. The van der Waals surface area contributed by atoms with Crippen LogP contribution in [0.15, 0.2) is 42.5 Å². The molecule has 0 aromatic heterocycles. The number of ketones is 1. The second-order valence-electron chi connectivity index (χ2n) is 3.95. The molecule has 0 radical (unpaired) electrons. The van der Waals surface area contributed by atoms with Gasteiger partial charge in [0.25, 0.3) is 0 Å². The molecule has 0 saturated heterocycles. The molecule has 0 amide bonds. The van der Waals surface area contributed by atoms with Crippen LogP contribution in [0.25, 0.3) is 0 Å². The number of nitrogens with zero attached hydrogens (tertiary/aromatic N) is 1. The smallest absolute Gasteiger partial charge is 0.200 e. The van der Waals surface area contributed by atoms with E-state index in [2.05, 4.69) is 0 Å². The minimum atomic E-state index is -0.226. The Balaban J connectivity index is 2.12. The average Bonchev–Trinajstić information content (AvgIpc) is 2.44. The number of benzene rings is 2. The minimum absolute atomic E-state index is 0.185. The number of hydrogen-bond donors (Lipinski definition) is 0. The molecule has 0 fully saturated rings. The highest BCUT2D eigenvalue weighted by molar-refractivity contribution is 6.32. The van der Waals surface area contributed by atoms with Gasteiger partial charge in [-0.05, 0) is 24.3 Å². The van der Waals surface area contributed by atoms with Crippen molar-refractivity contribution < 1.29 is 9.53 Å². The van der Waals surface area contributed by atoms with E-state index < -0.39 is 0 Å². The Morgan fingerprint density at radius 1 is 1.20 bits per heavy atom. The van der Waals surface area contributed by atoms with E-state index in [1.54, 1.807) is 42.5 Å². The highest BCUT2D eigenvalue weighted by Crippen LogP contribution is 2.25. The predicted octanol–water partition coefficient (Wildman–Crippen LogP) is 4.13. The molecule has 0 aliphatic carbocycles. The van der Waals surface area contributed by atoms with Crippen LogP contribution >= 0.6 is 23.2 Å². The second kappa shape index (κ2) is 6.42. The molecule has 0 spiro atoms. The zero-order valence-electron chi connectivity index (χ0n) is 10.3. The molecule has 5 heteroatoms. The number of rotatable bonds is 4. The van der Waals surface area contributed by atoms with Crippen LogP contribution in [0.2, 0.25) is 10.0 Å². The molecule has 0 aliphatic rings. The third-order valence-corrected chi connectivity index (χ3v) is 3.14. The van der Waals surface area contributed by atoms with E-state index in [-0.39, 0.29) is 23.7 Å². The van der Waals surface area contributed by atoms with Gasteiger partial charge in [0.2, 0.25) is 0 Å². The molecule has 3 nitrogen and oxygen atoms in total. The second-order valence-corrected chi connectivity index (χ2v) is 4.79. The van der Waals surface area contributed by atoms with Crippen LogP contribution in [0, 0.1) is 11.3 Å². The first-order valence-electron chi connectivity index (χ1n) is 5.72. The van der Waals surface area contributed by atoms with Gasteiger partial charge in [-0.2, -0.15) is 5.26 Å². The summed E-state index contributed by atoms with van der Waals surface area (Å²) in [6.45, 7) is -0.185. The topological polar surface area (TPSA) is 50.1 Å². The molecule has 0 atom stereocenters. The zero-order chi connectivity index (χ0) is 14.5. The van der Waals surface area contributed by atoms with Gasteiger partial charge in [-0.25, -0.2) is 0 Å². The van der Waals surface area contributed by atoms with Gasteiger partial charge in [0, 0.05) is 10.6 Å². The van der Waals surface area contributed by atoms with Crippen molar-refractivity contribution in [1.29, 1.82) is 5.26 Å². The number of carbonyl (C=O) groups is 1. The van der Waals surface area contributed by atoms with E-state index >= 15 is 0 Å². The molecule has 0 saturated carbocycles. The van der Waals surface area contributed by atoms with Gasteiger partial charge in [-0.3, -0.25) is 4.79 Å². The highest BCUT2D eigenvalue weighted by Gasteiger charge is 2.11. The first-order chi connectivity index (χ1) is 9.61. The van der Waals surface area contributed by atoms with E-state index in [1.165, 1.54) is 0 Å². The first-order valence-corrected chi connectivity index (χ1v) is 6.47. The highest BCUT2D eigenvalue weighted by atomic mass is 35.5. The molecular weight excluding hydrogens is 297 g/mol. The van der Waals surface area contributed by atoms with Crippen LogP contribution in [0.5, 0.6) is 5.75 Å². The fourth-order valence-electron chi connectivity index (χ4n) is 1.62. The standard InChI is InChI=1S/C15H9Cl2NO2/c16-11-4-1-3-10(7-11)14(19)9-20-15-6-2-5-13(17)12(15)8-18/h1-7H,9H2. The molecule has 2 rings (SSSR count). The quantitative estimate of drug-likeness (QED) is 0.798. The van der Waals surface area contributed by atoms with Crippen LogP contribution < -0.4 is 4.74 Å². The van der Waals surface area contributed by atoms with Crippen molar-refractivity contribution in [2.24, 2.45) is 0 Å². The van der Waals surface area contributed by atoms with Gasteiger partial charge in [-0.1, -0.05) is 41.4 Å². The number of halogens is 2. The molecule has 0 bridgehead atoms. The number of Topliss-reactive ketones (excluding diaryl/α,β-unsaturated/α-hetero) is 1. The van der Waals surface area contributed by atoms with Crippen LogP contribution in [-0.4, -0.2) is 12.4 Å². The summed E-state index contributed by atoms with van der Waals surface area (Å²) in [6.07, 6.45) is 0. The Labute approximate surface area is 126 Å². The Morgan fingerprint density at radius 2 is 1.95 bits per heavy atom. The van der Waals surface area contributed by atoms with Crippen molar-refractivity contribution in [1.82, 2.24) is 0 Å². The summed E-state index contributed by atoms with van der Waals surface area (Å²) in [6, 6.07) is 13.4. The first kappa shape index (κ1) is 14.4. The van der Waals surface area contributed by atoms with Gasteiger partial charge in [-0.15, -0.1) is 0 Å². The van der Waals surface area contributed by atoms with Crippen molar-refractivity contribution in [3.8, 4) is 11.8 Å². The van der Waals surface area contributed by atoms with Crippen molar-refractivity contribution in [3.05, 3.63) is 63.6 Å². The Bertz CT molecular complexity index is 693. The van der Waals surface area contributed by atoms with Crippen molar-refractivity contribution >= 4 is 29.0 Å². The van der Waals surface area contributed by atoms with Crippen molar-refractivity contribution in [3.63, 3.8) is 0 Å². The Kier molecular flexibility index (Phi) is 4.62. The van der Waals surface area contributed by atoms with Crippen LogP contribution in [0.1, 0.15) is 15.9 Å². The summed E-state index contributed by atoms with van der Waals surface area (Å²) in [7, 11) is 0. The summed E-state index contributed by atoms with van der Waals surface area (Å²) in [5.74, 6) is 0.0618. The van der Waals surface area contributed by atoms with Gasteiger partial charge in [0.1, 0.15) is 17.4 Å². The van der Waals surface area contributed by atoms with E-state index in [1.807, 2.05) is 6.07 Å². The molecule has 0 N–H and O–H groups in total. The maximum Gasteiger partial charge on any atom is 0.200 e. The van der Waals surface area contributed by atoms with Crippen LogP contribution in [0.3, 0.4) is 0 Å². The average molecular weight is 306 g/mol. The zero-order valence-corrected chi connectivity index (χ0v) is 11.8. The largest absolute Gasteiger partial charge is 0.484 e. The minimum Gasteiger partial charge on any atom is -0.484 e. The number of hydrogen-bond acceptors (Lipinski definition) is 3. The van der Waals surface area contributed by atoms with E-state index in [9.17, 15) is 4.79 Å². The Morgan fingerprint density at radius 3 is 2.65 bits per heavy atom. The molecule has 0 unspecified atom stereocenters. The monoisotopic (exact) mass is 305 g/mol. The maximum atomic E-state index is 12.0. The SMILES string of the molecule is N#Cc1c(Cl)cccc1OCC(=O)c1cccc(Cl)c1. The number of nitriles is 1. The van der Waals surface area contributed by atoms with Crippen molar-refractivity contribution in [2.45, 2.75) is 0 Å². The van der Waals surface area contributed by atoms with Gasteiger partial charge in [0.15, 0.2) is 12.4 Å². The fourth-order valence-corrected chi connectivity index (χ4v) is 2.02. The predicted molar refractivity (Wildman–Crippen MR) is 77.4 cm³/mol. The van der Waals surface area contributed by atoms with Gasteiger partial charge in [0.05, 0.1) is 5.02 Å². The number of carbonyl (C=O) groups excluding carboxylic acids is 1. The molecule has 20 heavy (non-hydrogen) atoms. The van der Waals surface area contributed by atoms with Gasteiger partial charge < -0.3 is 4.74 Å². The maximum absolute atomic E-state index is 12.0. The van der Waals surface area contributed by atoms with Crippen LogP contribution in [0.4, 0.5) is 0 Å². The van der Waals surface area contributed by atoms with Gasteiger partial charge >= 0.3 is 0 Å². The summed E-state index contributed by atoms with van der Waals surface area (Å²) >= 11 is 11.7. The normalized spacial score (nSPS) is 9.85. The molecule has 2 aromatic rings. The molecule has 2 aromatic carbocycles. The third-order valence-electron chi connectivity index (χ3n) is 2.59. The molecule has 100 valence electrons. The van der Waals surface area contributed by atoms with E-state index in [0.717, 1.165) is 0 Å². The fraction of sp³-hybridized carbons (Fsp3) is 0.0667. The molecular formula is C15H9Cl2NO2. The summed E-state index contributed by atoms with van der Waals surface area (Å²) in [5.41, 5.74) is 0.672. The third kappa shape index (κ3) is 3.30. The van der Waals surface area contributed by atoms with E-state index in [0.29, 0.717) is 15.6 Å². The van der Waals surface area contributed by atoms with Crippen molar-refractivity contribution in [2.75, 3.05) is 6.61 Å². The lowest BCUT2D eigenvalue weighted by atomic mass is 10.1. The van der Waals surface area contributed by atoms with Crippen LogP contribution in [-0.2, 0) is 0 Å². The van der Waals surface area contributed by atoms with E-state index in [4.69, 9.17) is 33.2 Å². The summed E-state index contributed by atoms with van der Waals surface area (Å²) in [4.78, 5) is 12.0. The lowest BCUT2D eigenvalue weighted by molar-refractivity contribution is 0.0921. The lowest BCUT2D eigenvalue weighted by Crippen LogP contribution is -2.12. The Hall–Kier alpha value is -2.02. The molecule has 0 aliphatic heterocycles.